The number of aromatic nitrogens is 1. The third kappa shape index (κ3) is 2.21. The van der Waals surface area contributed by atoms with Crippen LogP contribution < -0.4 is 10.3 Å². The highest BCUT2D eigenvalue weighted by atomic mass is 16.6. The van der Waals surface area contributed by atoms with Crippen LogP contribution in [0.1, 0.15) is 16.6 Å². The maximum atomic E-state index is 11.1. The normalized spacial score (nSPS) is 31.5. The number of nitrogens with zero attached hydrogens (tertiary/aromatic N) is 1. The van der Waals surface area contributed by atoms with Gasteiger partial charge < -0.3 is 25.8 Å². The molecule has 2 rings (SSSR count). The number of aliphatic hydroxyl groups excluding tert-OH is 3. The predicted octanol–water partition coefficient (Wildman–Crippen LogP) is -2.32. The molecule has 1 aliphatic heterocycles. The minimum atomic E-state index is -1.18. The van der Waals surface area contributed by atoms with Crippen LogP contribution in [0.3, 0.4) is 0 Å². The van der Waals surface area contributed by atoms with Gasteiger partial charge in [-0.15, -0.1) is 0 Å². The number of hydrogen-bond acceptors (Lipinski definition) is 5. The zero-order valence-corrected chi connectivity index (χ0v) is 9.51. The largest absolute Gasteiger partial charge is 0.394 e. The van der Waals surface area contributed by atoms with Crippen LogP contribution in [-0.2, 0) is 4.74 Å². The van der Waals surface area contributed by atoms with Gasteiger partial charge in [0.05, 0.1) is 6.61 Å². The van der Waals surface area contributed by atoms with Crippen LogP contribution in [0.4, 0.5) is 0 Å². The molecular weight excluding hydrogens is 240 g/mol. The van der Waals surface area contributed by atoms with Gasteiger partial charge in [0.25, 0.3) is 12.1 Å². The van der Waals surface area contributed by atoms with Gasteiger partial charge in [0, 0.05) is 6.07 Å². The third-order valence-electron chi connectivity index (χ3n) is 2.92. The Morgan fingerprint density at radius 3 is 2.72 bits per heavy atom. The maximum Gasteiger partial charge on any atom is 0.292 e. The Labute approximate surface area is 103 Å². The molecule has 4 atom stereocenters. The second-order valence-corrected chi connectivity index (χ2v) is 4.13. The van der Waals surface area contributed by atoms with E-state index in [1.807, 2.05) is 0 Å². The first-order chi connectivity index (χ1) is 8.54. The van der Waals surface area contributed by atoms with Gasteiger partial charge in [-0.3, -0.25) is 4.79 Å². The second kappa shape index (κ2) is 4.99. The Balaban J connectivity index is 2.27. The van der Waals surface area contributed by atoms with Crippen molar-refractivity contribution in [3.8, 4) is 0 Å². The van der Waals surface area contributed by atoms with E-state index in [9.17, 15) is 15.0 Å². The Kier molecular flexibility index (Phi) is 3.58. The number of carbonyl (C=O) groups excluding carboxylic acids is 1. The summed E-state index contributed by atoms with van der Waals surface area (Å²) in [6.45, 7) is -0.398. The lowest BCUT2D eigenvalue weighted by atomic mass is 10.1. The van der Waals surface area contributed by atoms with Gasteiger partial charge in [0.1, 0.15) is 17.8 Å². The van der Waals surface area contributed by atoms with Gasteiger partial charge in [-0.25, -0.2) is 0 Å². The van der Waals surface area contributed by atoms with Crippen molar-refractivity contribution in [2.24, 2.45) is 5.73 Å². The molecule has 98 valence electrons. The zero-order valence-electron chi connectivity index (χ0n) is 9.51. The number of aliphatic hydroxyl groups is 3. The van der Waals surface area contributed by atoms with Crippen molar-refractivity contribution in [3.63, 3.8) is 0 Å². The topological polar surface area (TPSA) is 117 Å². The molecule has 1 aromatic rings. The van der Waals surface area contributed by atoms with Crippen LogP contribution in [0.15, 0.2) is 24.5 Å². The van der Waals surface area contributed by atoms with Crippen molar-refractivity contribution >= 4 is 5.91 Å². The Morgan fingerprint density at radius 1 is 1.44 bits per heavy atom. The molecule has 2 heterocycles. The predicted molar refractivity (Wildman–Crippen MR) is 58.2 cm³/mol. The quantitative estimate of drug-likeness (QED) is 0.453. The van der Waals surface area contributed by atoms with E-state index in [-0.39, 0.29) is 5.56 Å². The fourth-order valence-electron chi connectivity index (χ4n) is 1.92. The van der Waals surface area contributed by atoms with Crippen LogP contribution in [0.5, 0.6) is 0 Å². The van der Waals surface area contributed by atoms with Crippen molar-refractivity contribution in [3.05, 3.63) is 30.1 Å². The van der Waals surface area contributed by atoms with Crippen molar-refractivity contribution in [1.29, 1.82) is 0 Å². The summed E-state index contributed by atoms with van der Waals surface area (Å²) in [5.41, 5.74) is 5.41. The zero-order chi connectivity index (χ0) is 13.3. The molecule has 1 aliphatic rings. The number of carbonyl (C=O) groups is 1. The fourth-order valence-corrected chi connectivity index (χ4v) is 1.92. The van der Waals surface area contributed by atoms with Crippen LogP contribution in [0.25, 0.3) is 0 Å². The molecule has 1 unspecified atom stereocenters. The Hall–Kier alpha value is -1.54. The first-order valence-corrected chi connectivity index (χ1v) is 5.47. The first kappa shape index (κ1) is 12.9. The maximum absolute atomic E-state index is 11.1. The van der Waals surface area contributed by atoms with Gasteiger partial charge in [0.2, 0.25) is 0 Å². The van der Waals surface area contributed by atoms with E-state index in [1.54, 1.807) is 12.3 Å². The number of amides is 1. The SMILES string of the molecule is NC(=O)c1ccc[n+](C2O[C@H](CO)[C@@H](O)[C@H]2O)c1. The standard InChI is InChI=1S/C11H14N2O5/c12-10(17)6-2-1-3-13(4-6)11-9(16)8(15)7(5-14)18-11/h1-4,7-9,11,14-16H,5H2,(H-,12,17)/p+1/t7-,8-,9-,11?/m1/s1. The van der Waals surface area contributed by atoms with Crippen molar-refractivity contribution in [2.45, 2.75) is 24.5 Å². The van der Waals surface area contributed by atoms with E-state index in [0.29, 0.717) is 0 Å². The molecule has 7 nitrogen and oxygen atoms in total. The van der Waals surface area contributed by atoms with Crippen LogP contribution >= 0.6 is 0 Å². The summed E-state index contributed by atoms with van der Waals surface area (Å²) in [7, 11) is 0. The number of nitrogens with two attached hydrogens (primary N) is 1. The summed E-state index contributed by atoms with van der Waals surface area (Å²) in [5.74, 6) is -0.601. The van der Waals surface area contributed by atoms with Crippen LogP contribution in [0, 0.1) is 0 Å². The van der Waals surface area contributed by atoms with E-state index in [1.165, 1.54) is 16.8 Å². The molecule has 7 heteroatoms. The highest BCUT2D eigenvalue weighted by Crippen LogP contribution is 2.24. The second-order valence-electron chi connectivity index (χ2n) is 4.13. The molecular formula is C11H15N2O5+. The Morgan fingerprint density at radius 2 is 2.17 bits per heavy atom. The molecule has 0 spiro atoms. The van der Waals surface area contributed by atoms with E-state index in [4.69, 9.17) is 15.6 Å². The van der Waals surface area contributed by atoms with Crippen molar-refractivity contribution < 1.29 is 29.4 Å². The lowest BCUT2D eigenvalue weighted by molar-refractivity contribution is -0.765. The lowest BCUT2D eigenvalue weighted by Crippen LogP contribution is -2.46. The van der Waals surface area contributed by atoms with Crippen molar-refractivity contribution in [1.82, 2.24) is 0 Å². The van der Waals surface area contributed by atoms with Gasteiger partial charge >= 0.3 is 0 Å². The molecule has 1 aromatic heterocycles. The van der Waals surface area contributed by atoms with Gasteiger partial charge in [-0.2, -0.15) is 4.57 Å². The number of pyridine rings is 1. The third-order valence-corrected chi connectivity index (χ3v) is 2.92. The Bertz CT molecular complexity index is 453. The molecule has 0 saturated carbocycles. The van der Waals surface area contributed by atoms with Crippen molar-refractivity contribution in [2.75, 3.05) is 6.61 Å². The van der Waals surface area contributed by atoms with E-state index >= 15 is 0 Å². The molecule has 1 saturated heterocycles. The summed E-state index contributed by atoms with van der Waals surface area (Å²) in [5, 5.41) is 28.4. The summed E-state index contributed by atoms with van der Waals surface area (Å²) in [6, 6.07) is 3.11. The average Bonchev–Trinajstić information content (AvgIpc) is 2.66. The summed E-state index contributed by atoms with van der Waals surface area (Å²) in [4.78, 5) is 11.1. The average molecular weight is 255 g/mol. The van der Waals surface area contributed by atoms with Crippen LogP contribution in [-0.4, -0.2) is 46.1 Å². The minimum Gasteiger partial charge on any atom is -0.394 e. The monoisotopic (exact) mass is 255 g/mol. The minimum absolute atomic E-state index is 0.259. The molecule has 18 heavy (non-hydrogen) atoms. The molecule has 1 fully saturated rings. The van der Waals surface area contributed by atoms with Gasteiger partial charge in [0.15, 0.2) is 18.5 Å². The number of hydrogen-bond donors (Lipinski definition) is 4. The van der Waals surface area contributed by atoms with E-state index < -0.39 is 37.1 Å². The van der Waals surface area contributed by atoms with Gasteiger partial charge in [-0.05, 0) is 6.07 Å². The summed E-state index contributed by atoms with van der Waals surface area (Å²) in [6.07, 6.45) is -1.08. The number of ether oxygens (including phenoxy) is 1. The summed E-state index contributed by atoms with van der Waals surface area (Å²) >= 11 is 0. The summed E-state index contributed by atoms with van der Waals surface area (Å²) < 4.78 is 6.75. The molecule has 0 bridgehead atoms. The number of primary amides is 1. The fraction of sp³-hybridized carbons (Fsp3) is 0.455. The van der Waals surface area contributed by atoms with Gasteiger partial charge in [-0.1, -0.05) is 0 Å². The van der Waals surface area contributed by atoms with Crippen LogP contribution in [0.2, 0.25) is 0 Å². The highest BCUT2D eigenvalue weighted by molar-refractivity contribution is 5.92. The first-order valence-electron chi connectivity index (χ1n) is 5.47. The number of rotatable bonds is 3. The lowest BCUT2D eigenvalue weighted by Gasteiger charge is -2.09. The smallest absolute Gasteiger partial charge is 0.292 e. The molecule has 5 N–H and O–H groups in total. The molecule has 0 aliphatic carbocycles. The van der Waals surface area contributed by atoms with E-state index in [0.717, 1.165) is 0 Å². The highest BCUT2D eigenvalue weighted by Gasteiger charge is 2.47. The molecule has 0 radical (unpaired) electrons. The molecule has 1 amide bonds. The van der Waals surface area contributed by atoms with E-state index in [2.05, 4.69) is 0 Å². The molecule has 0 aromatic carbocycles.